The molecule has 1 aromatic rings. The zero-order valence-electron chi connectivity index (χ0n) is 9.39. The molecule has 2 N–H and O–H groups in total. The van der Waals surface area contributed by atoms with Crippen molar-refractivity contribution in [2.75, 3.05) is 20.1 Å². The summed E-state index contributed by atoms with van der Waals surface area (Å²) in [6, 6.07) is 0. The normalized spacial score (nSPS) is 10.3. The van der Waals surface area contributed by atoms with Gasteiger partial charge in [0.05, 0.1) is 10.7 Å². The van der Waals surface area contributed by atoms with Crippen molar-refractivity contribution in [3.8, 4) is 0 Å². The summed E-state index contributed by atoms with van der Waals surface area (Å²) in [4.78, 5) is 16.6. The number of carbonyl (C=O) groups is 1. The van der Waals surface area contributed by atoms with Crippen molar-refractivity contribution in [1.29, 1.82) is 0 Å². The molecule has 0 aliphatic carbocycles. The number of amides is 1. The first-order valence-electron chi connectivity index (χ1n) is 5.02. The van der Waals surface area contributed by atoms with Gasteiger partial charge in [0.2, 0.25) is 0 Å². The highest BCUT2D eigenvalue weighted by atomic mass is 32.1. The number of aromatic nitrogens is 1. The van der Waals surface area contributed by atoms with Gasteiger partial charge in [-0.3, -0.25) is 4.79 Å². The molecule has 1 amide bonds. The molecule has 1 rings (SSSR count). The number of nitrogens with zero attached hydrogens (tertiary/aromatic N) is 1. The van der Waals surface area contributed by atoms with E-state index in [1.807, 2.05) is 20.9 Å². The minimum atomic E-state index is -0.00537. The smallest absolute Gasteiger partial charge is 0.263 e. The fourth-order valence-corrected chi connectivity index (χ4v) is 2.13. The highest BCUT2D eigenvalue weighted by Crippen LogP contribution is 2.16. The molecule has 0 saturated heterocycles. The van der Waals surface area contributed by atoms with E-state index in [0.29, 0.717) is 6.54 Å². The molecule has 0 saturated carbocycles. The minimum Gasteiger partial charge on any atom is -0.351 e. The van der Waals surface area contributed by atoms with E-state index in [9.17, 15) is 4.79 Å². The lowest BCUT2D eigenvalue weighted by Gasteiger charge is -2.03. The number of hydrogen-bond acceptors (Lipinski definition) is 4. The summed E-state index contributed by atoms with van der Waals surface area (Å²) < 4.78 is 0. The van der Waals surface area contributed by atoms with E-state index in [1.165, 1.54) is 11.3 Å². The lowest BCUT2D eigenvalue weighted by molar-refractivity contribution is 0.0956. The van der Waals surface area contributed by atoms with Gasteiger partial charge >= 0.3 is 0 Å². The Hall–Kier alpha value is -0.940. The van der Waals surface area contributed by atoms with Crippen LogP contribution in [0.1, 0.15) is 26.8 Å². The van der Waals surface area contributed by atoms with Crippen molar-refractivity contribution in [2.45, 2.75) is 20.3 Å². The van der Waals surface area contributed by atoms with Gasteiger partial charge in [-0.2, -0.15) is 0 Å². The van der Waals surface area contributed by atoms with Crippen LogP contribution in [0.2, 0.25) is 0 Å². The molecule has 0 aliphatic heterocycles. The Kier molecular flexibility index (Phi) is 4.71. The van der Waals surface area contributed by atoms with Gasteiger partial charge in [0, 0.05) is 6.54 Å². The van der Waals surface area contributed by atoms with E-state index >= 15 is 0 Å². The van der Waals surface area contributed by atoms with Gasteiger partial charge in [-0.25, -0.2) is 4.98 Å². The van der Waals surface area contributed by atoms with Crippen LogP contribution in [0.4, 0.5) is 0 Å². The highest BCUT2D eigenvalue weighted by molar-refractivity contribution is 7.13. The van der Waals surface area contributed by atoms with Gasteiger partial charge in [-0.15, -0.1) is 11.3 Å². The lowest BCUT2D eigenvalue weighted by Crippen LogP contribution is -2.26. The van der Waals surface area contributed by atoms with Crippen molar-refractivity contribution in [3.63, 3.8) is 0 Å². The molecule has 15 heavy (non-hydrogen) atoms. The van der Waals surface area contributed by atoms with Crippen LogP contribution in [0.3, 0.4) is 0 Å². The summed E-state index contributed by atoms with van der Waals surface area (Å²) in [5.41, 5.74) is 0.823. The SMILES string of the molecule is CNCCCNC(=O)c1sc(C)nc1C. The number of nitrogens with one attached hydrogen (secondary N) is 2. The quantitative estimate of drug-likeness (QED) is 0.741. The number of carbonyl (C=O) groups excluding carboxylic acids is 1. The number of thiazole rings is 1. The van der Waals surface area contributed by atoms with Crippen LogP contribution in [-0.2, 0) is 0 Å². The molecule has 5 heteroatoms. The van der Waals surface area contributed by atoms with Crippen molar-refractivity contribution in [2.24, 2.45) is 0 Å². The van der Waals surface area contributed by atoms with Gasteiger partial charge < -0.3 is 10.6 Å². The van der Waals surface area contributed by atoms with E-state index in [0.717, 1.165) is 28.5 Å². The van der Waals surface area contributed by atoms with Gasteiger partial charge in [0.1, 0.15) is 4.88 Å². The van der Waals surface area contributed by atoms with Gasteiger partial charge in [0.25, 0.3) is 5.91 Å². The average Bonchev–Trinajstić information content (AvgIpc) is 2.52. The molecule has 84 valence electrons. The Labute approximate surface area is 94.1 Å². The molecule has 1 heterocycles. The third-order valence-electron chi connectivity index (χ3n) is 2.00. The Morgan fingerprint density at radius 3 is 2.67 bits per heavy atom. The fraction of sp³-hybridized carbons (Fsp3) is 0.600. The summed E-state index contributed by atoms with van der Waals surface area (Å²) in [6.45, 7) is 5.40. The van der Waals surface area contributed by atoms with Crippen molar-refractivity contribution in [3.05, 3.63) is 15.6 Å². The molecule has 1 aromatic heterocycles. The topological polar surface area (TPSA) is 54.0 Å². The zero-order chi connectivity index (χ0) is 11.3. The molecule has 0 unspecified atom stereocenters. The van der Waals surface area contributed by atoms with E-state index in [2.05, 4.69) is 15.6 Å². The summed E-state index contributed by atoms with van der Waals surface area (Å²) in [5.74, 6) is -0.00537. The fourth-order valence-electron chi connectivity index (χ4n) is 1.29. The molecule has 0 spiro atoms. The van der Waals surface area contributed by atoms with Gasteiger partial charge in [0.15, 0.2) is 0 Å². The second-order valence-electron chi connectivity index (χ2n) is 3.36. The maximum atomic E-state index is 11.7. The van der Waals surface area contributed by atoms with Crippen LogP contribution in [0.25, 0.3) is 0 Å². The second-order valence-corrected chi connectivity index (χ2v) is 4.56. The third-order valence-corrected chi connectivity index (χ3v) is 3.07. The third kappa shape index (κ3) is 3.60. The number of aryl methyl sites for hydroxylation is 2. The summed E-state index contributed by atoms with van der Waals surface area (Å²) >= 11 is 1.45. The molecule has 0 atom stereocenters. The Morgan fingerprint density at radius 2 is 2.13 bits per heavy atom. The van der Waals surface area contributed by atoms with Crippen LogP contribution in [-0.4, -0.2) is 31.0 Å². The summed E-state index contributed by atoms with van der Waals surface area (Å²) in [7, 11) is 1.90. The molecular formula is C10H17N3OS. The minimum absolute atomic E-state index is 0.00537. The van der Waals surface area contributed by atoms with E-state index in [4.69, 9.17) is 0 Å². The molecule has 0 bridgehead atoms. The first-order chi connectivity index (χ1) is 7.15. The van der Waals surface area contributed by atoms with Crippen LogP contribution in [0.15, 0.2) is 0 Å². The molecule has 0 radical (unpaired) electrons. The predicted octanol–water partition coefficient (Wildman–Crippen LogP) is 1.10. The standard InChI is InChI=1S/C10H17N3OS/c1-7-9(15-8(2)13-7)10(14)12-6-4-5-11-3/h11H,4-6H2,1-3H3,(H,12,14). The van der Waals surface area contributed by atoms with Crippen LogP contribution in [0, 0.1) is 13.8 Å². The molecule has 4 nitrogen and oxygen atoms in total. The first-order valence-corrected chi connectivity index (χ1v) is 5.83. The predicted molar refractivity (Wildman–Crippen MR) is 62.5 cm³/mol. The second kappa shape index (κ2) is 5.82. The van der Waals surface area contributed by atoms with Crippen LogP contribution >= 0.6 is 11.3 Å². The summed E-state index contributed by atoms with van der Waals surface area (Å²) in [5, 5.41) is 6.85. The monoisotopic (exact) mass is 227 g/mol. The van der Waals surface area contributed by atoms with Crippen molar-refractivity contribution >= 4 is 17.2 Å². The maximum Gasteiger partial charge on any atom is 0.263 e. The molecular weight excluding hydrogens is 210 g/mol. The van der Waals surface area contributed by atoms with Gasteiger partial charge in [-0.1, -0.05) is 0 Å². The summed E-state index contributed by atoms with van der Waals surface area (Å²) in [6.07, 6.45) is 0.944. The number of rotatable bonds is 5. The van der Waals surface area contributed by atoms with E-state index < -0.39 is 0 Å². The molecule has 0 aliphatic rings. The Morgan fingerprint density at radius 1 is 1.40 bits per heavy atom. The Balaban J connectivity index is 2.43. The maximum absolute atomic E-state index is 11.7. The van der Waals surface area contributed by atoms with Crippen LogP contribution < -0.4 is 10.6 Å². The van der Waals surface area contributed by atoms with E-state index in [1.54, 1.807) is 0 Å². The van der Waals surface area contributed by atoms with Crippen molar-refractivity contribution in [1.82, 2.24) is 15.6 Å². The first kappa shape index (κ1) is 12.1. The largest absolute Gasteiger partial charge is 0.351 e. The average molecular weight is 227 g/mol. The highest BCUT2D eigenvalue weighted by Gasteiger charge is 2.12. The zero-order valence-corrected chi connectivity index (χ0v) is 10.2. The number of hydrogen-bond donors (Lipinski definition) is 2. The lowest BCUT2D eigenvalue weighted by atomic mass is 10.3. The van der Waals surface area contributed by atoms with E-state index in [-0.39, 0.29) is 5.91 Å². The van der Waals surface area contributed by atoms with Gasteiger partial charge in [-0.05, 0) is 33.9 Å². The Bertz CT molecular complexity index is 335. The van der Waals surface area contributed by atoms with Crippen molar-refractivity contribution < 1.29 is 4.79 Å². The molecule has 0 aromatic carbocycles. The molecule has 0 fully saturated rings. The van der Waals surface area contributed by atoms with Crippen LogP contribution in [0.5, 0.6) is 0 Å².